The minimum absolute atomic E-state index is 0.0636. The normalized spacial score (nSPS) is 17.1. The SMILES string of the molecule is CC(C)CN(CC(C)(C)C)C(=O)CC1(CC(=O)O)CC1. The molecule has 0 aromatic heterocycles. The Morgan fingerprint density at radius 1 is 1.20 bits per heavy atom. The van der Waals surface area contributed by atoms with Crippen molar-refractivity contribution in [2.75, 3.05) is 13.1 Å². The molecule has 1 fully saturated rings. The van der Waals surface area contributed by atoms with Crippen LogP contribution in [0.15, 0.2) is 0 Å². The van der Waals surface area contributed by atoms with Gasteiger partial charge in [0.1, 0.15) is 0 Å². The van der Waals surface area contributed by atoms with Crippen LogP contribution in [-0.2, 0) is 9.59 Å². The van der Waals surface area contributed by atoms with Crippen molar-refractivity contribution in [1.82, 2.24) is 4.90 Å². The first kappa shape index (κ1) is 17.0. The summed E-state index contributed by atoms with van der Waals surface area (Å²) in [5.41, 5.74) is -0.190. The third-order valence-corrected chi connectivity index (χ3v) is 3.61. The van der Waals surface area contributed by atoms with E-state index in [9.17, 15) is 9.59 Å². The van der Waals surface area contributed by atoms with Gasteiger partial charge in [-0.3, -0.25) is 9.59 Å². The Hall–Kier alpha value is -1.06. The molecule has 0 bridgehead atoms. The fourth-order valence-corrected chi connectivity index (χ4v) is 2.61. The van der Waals surface area contributed by atoms with Gasteiger partial charge in [0.2, 0.25) is 5.91 Å². The van der Waals surface area contributed by atoms with Crippen molar-refractivity contribution in [3.63, 3.8) is 0 Å². The third-order valence-electron chi connectivity index (χ3n) is 3.61. The lowest BCUT2D eigenvalue weighted by Gasteiger charge is -2.32. The molecule has 0 heterocycles. The summed E-state index contributed by atoms with van der Waals surface area (Å²) >= 11 is 0. The topological polar surface area (TPSA) is 57.6 Å². The minimum Gasteiger partial charge on any atom is -0.481 e. The van der Waals surface area contributed by atoms with Crippen LogP contribution in [0.3, 0.4) is 0 Å². The zero-order valence-electron chi connectivity index (χ0n) is 13.5. The Kier molecular flexibility index (Phi) is 5.22. The van der Waals surface area contributed by atoms with Gasteiger partial charge in [0.15, 0.2) is 0 Å². The summed E-state index contributed by atoms with van der Waals surface area (Å²) in [5, 5.41) is 8.95. The number of nitrogens with zero attached hydrogens (tertiary/aromatic N) is 1. The monoisotopic (exact) mass is 283 g/mol. The Morgan fingerprint density at radius 2 is 1.75 bits per heavy atom. The number of aliphatic carboxylic acids is 1. The zero-order chi connectivity index (χ0) is 15.6. The van der Waals surface area contributed by atoms with Gasteiger partial charge >= 0.3 is 5.97 Å². The van der Waals surface area contributed by atoms with Crippen LogP contribution in [0.25, 0.3) is 0 Å². The van der Waals surface area contributed by atoms with Crippen molar-refractivity contribution in [3.8, 4) is 0 Å². The van der Waals surface area contributed by atoms with Crippen LogP contribution < -0.4 is 0 Å². The molecule has 4 nitrogen and oxygen atoms in total. The standard InChI is InChI=1S/C16H29NO3/c1-12(2)10-17(11-15(3,4)5)13(18)8-16(6-7-16)9-14(19)20/h12H,6-11H2,1-5H3,(H,19,20). The van der Waals surface area contributed by atoms with Gasteiger partial charge in [-0.1, -0.05) is 34.6 Å². The van der Waals surface area contributed by atoms with Gasteiger partial charge in [-0.2, -0.15) is 0 Å². The van der Waals surface area contributed by atoms with E-state index in [2.05, 4.69) is 34.6 Å². The highest BCUT2D eigenvalue weighted by atomic mass is 16.4. The van der Waals surface area contributed by atoms with Crippen LogP contribution in [0, 0.1) is 16.7 Å². The quantitative estimate of drug-likeness (QED) is 0.780. The van der Waals surface area contributed by atoms with E-state index >= 15 is 0 Å². The van der Waals surface area contributed by atoms with E-state index in [0.717, 1.165) is 25.9 Å². The van der Waals surface area contributed by atoms with E-state index in [1.54, 1.807) is 0 Å². The minimum atomic E-state index is -0.790. The van der Waals surface area contributed by atoms with Gasteiger partial charge in [-0.05, 0) is 29.6 Å². The number of hydrogen-bond donors (Lipinski definition) is 1. The average molecular weight is 283 g/mol. The van der Waals surface area contributed by atoms with Crippen LogP contribution in [-0.4, -0.2) is 35.0 Å². The number of hydrogen-bond acceptors (Lipinski definition) is 2. The maximum Gasteiger partial charge on any atom is 0.303 e. The maximum absolute atomic E-state index is 12.5. The fourth-order valence-electron chi connectivity index (χ4n) is 2.61. The maximum atomic E-state index is 12.5. The van der Waals surface area contributed by atoms with Crippen LogP contribution in [0.5, 0.6) is 0 Å². The van der Waals surface area contributed by atoms with Gasteiger partial charge in [-0.15, -0.1) is 0 Å². The Balaban J connectivity index is 2.66. The van der Waals surface area contributed by atoms with Crippen molar-refractivity contribution in [1.29, 1.82) is 0 Å². The van der Waals surface area contributed by atoms with Gasteiger partial charge in [0, 0.05) is 19.5 Å². The molecule has 0 radical (unpaired) electrons. The highest BCUT2D eigenvalue weighted by Crippen LogP contribution is 2.52. The molecular formula is C16H29NO3. The zero-order valence-corrected chi connectivity index (χ0v) is 13.5. The average Bonchev–Trinajstić information content (AvgIpc) is 2.92. The first-order chi connectivity index (χ1) is 9.03. The molecule has 0 aromatic rings. The van der Waals surface area contributed by atoms with Gasteiger partial charge in [-0.25, -0.2) is 0 Å². The van der Waals surface area contributed by atoms with Crippen molar-refractivity contribution >= 4 is 11.9 Å². The van der Waals surface area contributed by atoms with Crippen LogP contribution in [0.4, 0.5) is 0 Å². The Morgan fingerprint density at radius 3 is 2.10 bits per heavy atom. The number of carboxylic acids is 1. The Labute approximate surface area is 122 Å². The molecule has 20 heavy (non-hydrogen) atoms. The Bertz CT molecular complexity index is 364. The molecule has 0 unspecified atom stereocenters. The van der Waals surface area contributed by atoms with E-state index in [0.29, 0.717) is 12.3 Å². The van der Waals surface area contributed by atoms with E-state index in [4.69, 9.17) is 5.11 Å². The summed E-state index contributed by atoms with van der Waals surface area (Å²) in [6.45, 7) is 12.1. The second-order valence-corrected chi connectivity index (χ2v) is 7.98. The molecular weight excluding hydrogens is 254 g/mol. The highest BCUT2D eigenvalue weighted by Gasteiger charge is 2.46. The predicted octanol–water partition coefficient (Wildman–Crippen LogP) is 3.16. The highest BCUT2D eigenvalue weighted by molar-refractivity contribution is 5.79. The second kappa shape index (κ2) is 6.15. The van der Waals surface area contributed by atoms with Gasteiger partial charge < -0.3 is 10.0 Å². The van der Waals surface area contributed by atoms with E-state index < -0.39 is 5.97 Å². The largest absolute Gasteiger partial charge is 0.481 e. The van der Waals surface area contributed by atoms with E-state index in [1.165, 1.54) is 0 Å². The molecule has 1 rings (SSSR count). The van der Waals surface area contributed by atoms with Crippen molar-refractivity contribution in [3.05, 3.63) is 0 Å². The molecule has 1 N–H and O–H groups in total. The van der Waals surface area contributed by atoms with Gasteiger partial charge in [0.25, 0.3) is 0 Å². The first-order valence-corrected chi connectivity index (χ1v) is 7.53. The number of amides is 1. The lowest BCUT2D eigenvalue weighted by molar-refractivity contribution is -0.139. The van der Waals surface area contributed by atoms with Crippen molar-refractivity contribution < 1.29 is 14.7 Å². The fraction of sp³-hybridized carbons (Fsp3) is 0.875. The third kappa shape index (κ3) is 5.93. The molecule has 1 aliphatic rings. The molecule has 0 saturated heterocycles. The van der Waals surface area contributed by atoms with Crippen molar-refractivity contribution in [2.45, 2.75) is 60.3 Å². The van der Waals surface area contributed by atoms with Crippen LogP contribution in [0.1, 0.15) is 60.3 Å². The summed E-state index contributed by atoms with van der Waals surface area (Å²) in [5.74, 6) is -0.246. The molecule has 1 amide bonds. The smallest absolute Gasteiger partial charge is 0.303 e. The lowest BCUT2D eigenvalue weighted by atomic mass is 9.93. The van der Waals surface area contributed by atoms with Crippen molar-refractivity contribution in [2.24, 2.45) is 16.7 Å². The van der Waals surface area contributed by atoms with Crippen LogP contribution >= 0.6 is 0 Å². The molecule has 1 aliphatic carbocycles. The second-order valence-electron chi connectivity index (χ2n) is 7.98. The predicted molar refractivity (Wildman–Crippen MR) is 79.4 cm³/mol. The van der Waals surface area contributed by atoms with Gasteiger partial charge in [0.05, 0.1) is 6.42 Å². The van der Waals surface area contributed by atoms with E-state index in [1.807, 2.05) is 4.90 Å². The number of carbonyl (C=O) groups is 2. The molecule has 1 saturated carbocycles. The van der Waals surface area contributed by atoms with E-state index in [-0.39, 0.29) is 23.2 Å². The molecule has 0 atom stereocenters. The summed E-state index contributed by atoms with van der Waals surface area (Å²) < 4.78 is 0. The molecule has 0 aromatic carbocycles. The first-order valence-electron chi connectivity index (χ1n) is 7.53. The number of rotatable bonds is 7. The molecule has 0 spiro atoms. The molecule has 116 valence electrons. The molecule has 4 heteroatoms. The summed E-state index contributed by atoms with van der Waals surface area (Å²) in [4.78, 5) is 25.3. The van der Waals surface area contributed by atoms with Crippen LogP contribution in [0.2, 0.25) is 0 Å². The summed E-state index contributed by atoms with van der Waals surface area (Å²) in [7, 11) is 0. The number of carboxylic acid groups (broad SMARTS) is 1. The number of carbonyl (C=O) groups excluding carboxylic acids is 1. The lowest BCUT2D eigenvalue weighted by Crippen LogP contribution is -2.41. The molecule has 0 aliphatic heterocycles. The summed E-state index contributed by atoms with van der Waals surface area (Å²) in [6, 6.07) is 0. The summed E-state index contributed by atoms with van der Waals surface area (Å²) in [6.07, 6.45) is 2.26.